The molecule has 0 radical (unpaired) electrons. The van der Waals surface area contributed by atoms with Crippen molar-refractivity contribution in [1.82, 2.24) is 0 Å². The van der Waals surface area contributed by atoms with E-state index < -0.39 is 0 Å². The molecule has 2 nitrogen and oxygen atoms in total. The van der Waals surface area contributed by atoms with E-state index >= 15 is 0 Å². The maximum absolute atomic E-state index is 9.77. The Bertz CT molecular complexity index is 522. The second-order valence-corrected chi connectivity index (χ2v) is 4.70. The van der Waals surface area contributed by atoms with Gasteiger partial charge < -0.3 is 10.2 Å². The van der Waals surface area contributed by atoms with E-state index in [1.54, 1.807) is 12.1 Å². The Labute approximate surface area is 108 Å². The highest BCUT2D eigenvalue weighted by Gasteiger charge is 2.15. The van der Waals surface area contributed by atoms with Crippen LogP contribution in [0.15, 0.2) is 36.4 Å². The minimum absolute atomic E-state index is 0.143. The van der Waals surface area contributed by atoms with Crippen molar-refractivity contribution in [2.24, 2.45) is 0 Å². The third-order valence-corrected chi connectivity index (χ3v) is 3.63. The lowest BCUT2D eigenvalue weighted by molar-refractivity contribution is 0.468. The summed E-state index contributed by atoms with van der Waals surface area (Å²) in [7, 11) is 0. The van der Waals surface area contributed by atoms with E-state index in [1.165, 1.54) is 0 Å². The lowest BCUT2D eigenvalue weighted by atomic mass is 9.87. The number of hydrogen-bond donors (Lipinski definition) is 2. The lowest BCUT2D eigenvalue weighted by Gasteiger charge is -2.18. The van der Waals surface area contributed by atoms with Crippen molar-refractivity contribution in [2.45, 2.75) is 26.7 Å². The van der Waals surface area contributed by atoms with Gasteiger partial charge in [0.1, 0.15) is 11.5 Å². The zero-order chi connectivity index (χ0) is 13.3. The van der Waals surface area contributed by atoms with Crippen LogP contribution in [0.4, 0.5) is 0 Å². The molecule has 0 bridgehead atoms. The van der Waals surface area contributed by atoms with Crippen LogP contribution in [0, 0.1) is 13.8 Å². The average molecular weight is 242 g/mol. The van der Waals surface area contributed by atoms with Crippen LogP contribution in [0.5, 0.6) is 11.5 Å². The van der Waals surface area contributed by atoms with Gasteiger partial charge >= 0.3 is 0 Å². The normalized spacial score (nSPS) is 10.9. The monoisotopic (exact) mass is 242 g/mol. The SMILES string of the molecule is Cc1c(O)cccc1C(C)c1cccc(O)c1C. The van der Waals surface area contributed by atoms with Crippen LogP contribution in [0.25, 0.3) is 0 Å². The second kappa shape index (κ2) is 4.73. The van der Waals surface area contributed by atoms with Crippen LogP contribution in [0.2, 0.25) is 0 Å². The fraction of sp³-hybridized carbons (Fsp3) is 0.250. The summed E-state index contributed by atoms with van der Waals surface area (Å²) in [5, 5.41) is 19.5. The van der Waals surface area contributed by atoms with Crippen molar-refractivity contribution >= 4 is 0 Å². The molecule has 0 aliphatic rings. The molecule has 0 saturated carbocycles. The zero-order valence-corrected chi connectivity index (χ0v) is 10.9. The molecular weight excluding hydrogens is 224 g/mol. The summed E-state index contributed by atoms with van der Waals surface area (Å²) in [5.41, 5.74) is 3.97. The molecule has 0 saturated heterocycles. The van der Waals surface area contributed by atoms with Gasteiger partial charge in [-0.3, -0.25) is 0 Å². The zero-order valence-electron chi connectivity index (χ0n) is 10.9. The predicted molar refractivity (Wildman–Crippen MR) is 73.2 cm³/mol. The minimum Gasteiger partial charge on any atom is -0.508 e. The third kappa shape index (κ3) is 2.06. The Morgan fingerprint density at radius 2 is 1.17 bits per heavy atom. The standard InChI is InChI=1S/C16H18O2/c1-10(13-6-4-8-15(17)11(13)2)14-7-5-9-16(18)12(14)3/h4-10,17-18H,1-3H3. The molecule has 2 N–H and O–H groups in total. The highest BCUT2D eigenvalue weighted by Crippen LogP contribution is 2.34. The molecule has 0 aromatic heterocycles. The summed E-state index contributed by atoms with van der Waals surface area (Å²) in [6.45, 7) is 5.92. The van der Waals surface area contributed by atoms with Gasteiger partial charge in [-0.05, 0) is 48.2 Å². The van der Waals surface area contributed by atoms with E-state index in [9.17, 15) is 10.2 Å². The Kier molecular flexibility index (Phi) is 3.28. The molecule has 2 aromatic carbocycles. The molecule has 2 heteroatoms. The summed E-state index contributed by atoms with van der Waals surface area (Å²) in [6.07, 6.45) is 0. The number of benzene rings is 2. The van der Waals surface area contributed by atoms with Crippen molar-refractivity contribution in [2.75, 3.05) is 0 Å². The van der Waals surface area contributed by atoms with Crippen LogP contribution < -0.4 is 0 Å². The second-order valence-electron chi connectivity index (χ2n) is 4.70. The summed E-state index contributed by atoms with van der Waals surface area (Å²) < 4.78 is 0. The van der Waals surface area contributed by atoms with E-state index in [0.29, 0.717) is 11.5 Å². The molecule has 2 aromatic rings. The molecule has 2 rings (SSSR count). The Morgan fingerprint density at radius 1 is 0.778 bits per heavy atom. The van der Waals surface area contributed by atoms with Crippen LogP contribution in [-0.4, -0.2) is 10.2 Å². The van der Waals surface area contributed by atoms with Crippen molar-refractivity contribution in [3.05, 3.63) is 58.7 Å². The first-order valence-corrected chi connectivity index (χ1v) is 6.09. The van der Waals surface area contributed by atoms with Crippen LogP contribution in [-0.2, 0) is 0 Å². The van der Waals surface area contributed by atoms with E-state index in [2.05, 4.69) is 6.92 Å². The molecule has 0 spiro atoms. The van der Waals surface area contributed by atoms with E-state index in [0.717, 1.165) is 22.3 Å². The van der Waals surface area contributed by atoms with Gasteiger partial charge in [-0.1, -0.05) is 31.2 Å². The van der Waals surface area contributed by atoms with Gasteiger partial charge in [0.25, 0.3) is 0 Å². The van der Waals surface area contributed by atoms with Gasteiger partial charge in [-0.15, -0.1) is 0 Å². The molecule has 0 aliphatic heterocycles. The van der Waals surface area contributed by atoms with Crippen LogP contribution >= 0.6 is 0 Å². The third-order valence-electron chi connectivity index (χ3n) is 3.63. The fourth-order valence-electron chi connectivity index (χ4n) is 2.39. The lowest BCUT2D eigenvalue weighted by Crippen LogP contribution is -2.01. The Balaban J connectivity index is 2.51. The minimum atomic E-state index is 0.143. The largest absolute Gasteiger partial charge is 0.508 e. The van der Waals surface area contributed by atoms with Crippen molar-refractivity contribution < 1.29 is 10.2 Å². The fourth-order valence-corrected chi connectivity index (χ4v) is 2.39. The number of rotatable bonds is 2. The van der Waals surface area contributed by atoms with Crippen molar-refractivity contribution in [3.63, 3.8) is 0 Å². The van der Waals surface area contributed by atoms with Gasteiger partial charge in [0.2, 0.25) is 0 Å². The maximum Gasteiger partial charge on any atom is 0.118 e. The highest BCUT2D eigenvalue weighted by molar-refractivity contribution is 5.48. The first kappa shape index (κ1) is 12.5. The molecule has 0 atom stereocenters. The molecule has 94 valence electrons. The summed E-state index contributed by atoms with van der Waals surface area (Å²) in [6, 6.07) is 11.1. The van der Waals surface area contributed by atoms with Gasteiger partial charge in [0, 0.05) is 5.92 Å². The molecule has 0 heterocycles. The quantitative estimate of drug-likeness (QED) is 0.839. The molecular formula is C16H18O2. The Hall–Kier alpha value is -1.96. The molecule has 0 unspecified atom stereocenters. The first-order valence-electron chi connectivity index (χ1n) is 6.09. The van der Waals surface area contributed by atoms with E-state index in [4.69, 9.17) is 0 Å². The molecule has 0 aliphatic carbocycles. The number of phenolic OH excluding ortho intramolecular Hbond substituents is 2. The smallest absolute Gasteiger partial charge is 0.118 e. The van der Waals surface area contributed by atoms with E-state index in [-0.39, 0.29) is 5.92 Å². The number of aromatic hydroxyl groups is 2. The van der Waals surface area contributed by atoms with Gasteiger partial charge in [-0.25, -0.2) is 0 Å². The predicted octanol–water partition coefficient (Wildman–Crippen LogP) is 3.87. The van der Waals surface area contributed by atoms with Crippen molar-refractivity contribution in [3.8, 4) is 11.5 Å². The van der Waals surface area contributed by atoms with Gasteiger partial charge in [0.05, 0.1) is 0 Å². The van der Waals surface area contributed by atoms with E-state index in [1.807, 2.05) is 38.1 Å². The van der Waals surface area contributed by atoms with Gasteiger partial charge in [-0.2, -0.15) is 0 Å². The summed E-state index contributed by atoms with van der Waals surface area (Å²) >= 11 is 0. The molecule has 0 fully saturated rings. The van der Waals surface area contributed by atoms with Crippen LogP contribution in [0.3, 0.4) is 0 Å². The summed E-state index contributed by atoms with van der Waals surface area (Å²) in [4.78, 5) is 0. The number of hydrogen-bond acceptors (Lipinski definition) is 2. The molecule has 18 heavy (non-hydrogen) atoms. The first-order chi connectivity index (χ1) is 8.52. The van der Waals surface area contributed by atoms with Crippen LogP contribution in [0.1, 0.15) is 35.1 Å². The average Bonchev–Trinajstić information content (AvgIpc) is 2.35. The maximum atomic E-state index is 9.77. The molecule has 0 amide bonds. The number of phenols is 2. The van der Waals surface area contributed by atoms with Crippen molar-refractivity contribution in [1.29, 1.82) is 0 Å². The van der Waals surface area contributed by atoms with Gasteiger partial charge in [0.15, 0.2) is 0 Å². The highest BCUT2D eigenvalue weighted by atomic mass is 16.3. The summed E-state index contributed by atoms with van der Waals surface area (Å²) in [5.74, 6) is 0.776. The topological polar surface area (TPSA) is 40.5 Å². The Morgan fingerprint density at radius 3 is 1.56 bits per heavy atom.